The normalized spacial score (nSPS) is 15.3. The predicted octanol–water partition coefficient (Wildman–Crippen LogP) is 3.97. The highest BCUT2D eigenvalue weighted by molar-refractivity contribution is 6.30. The minimum Gasteiger partial charge on any atom is -0.375 e. The summed E-state index contributed by atoms with van der Waals surface area (Å²) >= 11 is 5.85. The molecule has 1 aromatic carbocycles. The molecule has 0 spiro atoms. The average Bonchev–Trinajstić information content (AvgIpc) is 3.02. The maximum Gasteiger partial charge on any atom is 0.0407 e. The molecule has 1 nitrogen and oxygen atoms in total. The van der Waals surface area contributed by atoms with Gasteiger partial charge >= 0.3 is 0 Å². The molecule has 1 saturated carbocycles. The number of nitrogens with zero attached hydrogens (tertiary/aromatic N) is 1. The van der Waals surface area contributed by atoms with Crippen LogP contribution < -0.4 is 4.90 Å². The van der Waals surface area contributed by atoms with Crippen LogP contribution in [0.15, 0.2) is 24.3 Å². The fraction of sp³-hybridized carbons (Fsp3) is 0.538. The molecule has 0 heterocycles. The molecule has 0 aliphatic heterocycles. The zero-order chi connectivity index (χ0) is 10.7. The Morgan fingerprint density at radius 3 is 2.53 bits per heavy atom. The van der Waals surface area contributed by atoms with Crippen molar-refractivity contribution in [2.24, 2.45) is 5.92 Å². The van der Waals surface area contributed by atoms with E-state index in [0.717, 1.165) is 17.5 Å². The second-order valence-electron chi connectivity index (χ2n) is 4.48. The third-order valence-electron chi connectivity index (χ3n) is 3.07. The van der Waals surface area contributed by atoms with E-state index in [1.807, 2.05) is 12.1 Å². The molecule has 0 unspecified atom stereocenters. The van der Waals surface area contributed by atoms with Gasteiger partial charge < -0.3 is 4.90 Å². The maximum absolute atomic E-state index is 5.85. The first-order valence-corrected chi connectivity index (χ1v) is 6.10. The first-order chi connectivity index (χ1) is 7.25. The van der Waals surface area contributed by atoms with Gasteiger partial charge in [0.1, 0.15) is 0 Å². The van der Waals surface area contributed by atoms with Crippen LogP contribution >= 0.6 is 11.6 Å². The minimum absolute atomic E-state index is 0.810. The Morgan fingerprint density at radius 1 is 1.27 bits per heavy atom. The molecule has 1 fully saturated rings. The van der Waals surface area contributed by atoms with Crippen molar-refractivity contribution in [3.05, 3.63) is 29.3 Å². The fourth-order valence-corrected chi connectivity index (χ4v) is 1.97. The van der Waals surface area contributed by atoms with Crippen LogP contribution in [0, 0.1) is 5.92 Å². The Hall–Kier alpha value is -0.690. The molecule has 0 N–H and O–H groups in total. The first kappa shape index (κ1) is 10.8. The summed E-state index contributed by atoms with van der Waals surface area (Å²) in [5.41, 5.74) is 1.26. The van der Waals surface area contributed by atoms with Gasteiger partial charge in [-0.05, 0) is 43.0 Å². The summed E-state index contributed by atoms with van der Waals surface area (Å²) in [6.45, 7) is 1.15. The quantitative estimate of drug-likeness (QED) is 0.730. The van der Waals surface area contributed by atoms with E-state index in [0.29, 0.717) is 0 Å². The van der Waals surface area contributed by atoms with Crippen LogP contribution in [0.25, 0.3) is 0 Å². The summed E-state index contributed by atoms with van der Waals surface area (Å²) < 4.78 is 0. The van der Waals surface area contributed by atoms with Gasteiger partial charge in [0.15, 0.2) is 0 Å². The molecule has 0 bridgehead atoms. The number of benzene rings is 1. The van der Waals surface area contributed by atoms with Crippen LogP contribution in [0.2, 0.25) is 5.02 Å². The number of rotatable bonds is 5. The smallest absolute Gasteiger partial charge is 0.0407 e. The van der Waals surface area contributed by atoms with E-state index in [1.54, 1.807) is 0 Å². The van der Waals surface area contributed by atoms with Crippen molar-refractivity contribution in [2.75, 3.05) is 18.5 Å². The summed E-state index contributed by atoms with van der Waals surface area (Å²) in [5.74, 6) is 1.05. The molecule has 1 aliphatic rings. The molecule has 2 heteroatoms. The number of hydrogen-bond acceptors (Lipinski definition) is 1. The molecule has 1 aliphatic carbocycles. The SMILES string of the molecule is CN(CCCC1CC1)c1ccc(Cl)cc1. The topological polar surface area (TPSA) is 3.24 Å². The second kappa shape index (κ2) is 4.89. The summed E-state index contributed by atoms with van der Waals surface area (Å²) in [5, 5.41) is 0.810. The minimum atomic E-state index is 0.810. The number of halogens is 1. The Balaban J connectivity index is 1.78. The molecule has 0 atom stereocenters. The average molecular weight is 224 g/mol. The van der Waals surface area contributed by atoms with Gasteiger partial charge in [-0.1, -0.05) is 24.4 Å². The zero-order valence-electron chi connectivity index (χ0n) is 9.25. The highest BCUT2D eigenvalue weighted by atomic mass is 35.5. The first-order valence-electron chi connectivity index (χ1n) is 5.72. The van der Waals surface area contributed by atoms with Crippen molar-refractivity contribution >= 4 is 17.3 Å². The molecule has 1 aromatic rings. The van der Waals surface area contributed by atoms with Gasteiger partial charge in [-0.3, -0.25) is 0 Å². The molecule has 15 heavy (non-hydrogen) atoms. The van der Waals surface area contributed by atoms with E-state index in [1.165, 1.54) is 31.4 Å². The van der Waals surface area contributed by atoms with Crippen molar-refractivity contribution in [3.8, 4) is 0 Å². The van der Waals surface area contributed by atoms with Crippen LogP contribution in [-0.4, -0.2) is 13.6 Å². The Labute approximate surface area is 97.0 Å². The van der Waals surface area contributed by atoms with Crippen LogP contribution in [0.3, 0.4) is 0 Å². The summed E-state index contributed by atoms with van der Waals surface area (Å²) in [4.78, 5) is 2.30. The lowest BCUT2D eigenvalue weighted by Crippen LogP contribution is -2.18. The monoisotopic (exact) mass is 223 g/mol. The van der Waals surface area contributed by atoms with Crippen LogP contribution in [0.4, 0.5) is 5.69 Å². The molecule has 0 amide bonds. The summed E-state index contributed by atoms with van der Waals surface area (Å²) in [7, 11) is 2.15. The van der Waals surface area contributed by atoms with Crippen LogP contribution in [0.5, 0.6) is 0 Å². The molecule has 0 aromatic heterocycles. The van der Waals surface area contributed by atoms with E-state index >= 15 is 0 Å². The van der Waals surface area contributed by atoms with Crippen LogP contribution in [-0.2, 0) is 0 Å². The predicted molar refractivity (Wildman–Crippen MR) is 66.7 cm³/mol. The van der Waals surface area contributed by atoms with Gasteiger partial charge in [0.2, 0.25) is 0 Å². The molecule has 82 valence electrons. The van der Waals surface area contributed by atoms with Crippen LogP contribution in [0.1, 0.15) is 25.7 Å². The van der Waals surface area contributed by atoms with E-state index in [9.17, 15) is 0 Å². The van der Waals surface area contributed by atoms with Crippen molar-refractivity contribution in [1.82, 2.24) is 0 Å². The van der Waals surface area contributed by atoms with Gasteiger partial charge in [-0.15, -0.1) is 0 Å². The largest absolute Gasteiger partial charge is 0.375 e. The third-order valence-corrected chi connectivity index (χ3v) is 3.32. The number of anilines is 1. The van der Waals surface area contributed by atoms with Gasteiger partial charge in [0, 0.05) is 24.3 Å². The standard InChI is InChI=1S/C13H18ClN/c1-15(10-2-3-11-4-5-11)13-8-6-12(14)7-9-13/h6-9,11H,2-5,10H2,1H3. The van der Waals surface area contributed by atoms with Crippen molar-refractivity contribution < 1.29 is 0 Å². The molecular formula is C13H18ClN. The Morgan fingerprint density at radius 2 is 1.93 bits per heavy atom. The fourth-order valence-electron chi connectivity index (χ4n) is 1.85. The lowest BCUT2D eigenvalue weighted by Gasteiger charge is -2.19. The second-order valence-corrected chi connectivity index (χ2v) is 4.92. The van der Waals surface area contributed by atoms with E-state index in [-0.39, 0.29) is 0 Å². The van der Waals surface area contributed by atoms with Gasteiger partial charge in [-0.2, -0.15) is 0 Å². The van der Waals surface area contributed by atoms with E-state index < -0.39 is 0 Å². The molecule has 0 saturated heterocycles. The number of hydrogen-bond donors (Lipinski definition) is 0. The van der Waals surface area contributed by atoms with Gasteiger partial charge in [-0.25, -0.2) is 0 Å². The van der Waals surface area contributed by atoms with Gasteiger partial charge in [0.05, 0.1) is 0 Å². The highest BCUT2D eigenvalue weighted by Crippen LogP contribution is 2.33. The van der Waals surface area contributed by atoms with E-state index in [2.05, 4.69) is 24.1 Å². The maximum atomic E-state index is 5.85. The van der Waals surface area contributed by atoms with E-state index in [4.69, 9.17) is 11.6 Å². The lowest BCUT2D eigenvalue weighted by molar-refractivity contribution is 0.660. The Bertz CT molecular complexity index is 303. The lowest BCUT2D eigenvalue weighted by atomic mass is 10.2. The van der Waals surface area contributed by atoms with Crippen molar-refractivity contribution in [1.29, 1.82) is 0 Å². The zero-order valence-corrected chi connectivity index (χ0v) is 10.0. The molecule has 2 rings (SSSR count). The highest BCUT2D eigenvalue weighted by Gasteiger charge is 2.20. The summed E-state index contributed by atoms with van der Waals surface area (Å²) in [6.07, 6.45) is 5.64. The molecule has 0 radical (unpaired) electrons. The molecular weight excluding hydrogens is 206 g/mol. The Kier molecular flexibility index (Phi) is 3.53. The van der Waals surface area contributed by atoms with Crippen molar-refractivity contribution in [2.45, 2.75) is 25.7 Å². The third kappa shape index (κ3) is 3.42. The van der Waals surface area contributed by atoms with Gasteiger partial charge in [0.25, 0.3) is 0 Å². The van der Waals surface area contributed by atoms with Crippen molar-refractivity contribution in [3.63, 3.8) is 0 Å². The summed E-state index contributed by atoms with van der Waals surface area (Å²) in [6, 6.07) is 8.07.